The summed E-state index contributed by atoms with van der Waals surface area (Å²) in [7, 11) is 0. The van der Waals surface area contributed by atoms with Gasteiger partial charge in [0.15, 0.2) is 5.78 Å². The highest BCUT2D eigenvalue weighted by Crippen LogP contribution is 2.16. The Bertz CT molecular complexity index is 183. The van der Waals surface area contributed by atoms with E-state index < -0.39 is 0 Å². The maximum atomic E-state index is 11.7. The molecule has 1 atom stereocenters. The Balaban J connectivity index is 1.74. The molecule has 0 radical (unpaired) electrons. The lowest BCUT2D eigenvalue weighted by Gasteiger charge is -2.31. The SMILES string of the molecule is O=C(CN1CCC1)C1CCCOC1. The van der Waals surface area contributed by atoms with Crippen LogP contribution in [0.2, 0.25) is 0 Å². The molecule has 0 spiro atoms. The first-order valence-corrected chi connectivity index (χ1v) is 5.19. The van der Waals surface area contributed by atoms with Crippen LogP contribution < -0.4 is 0 Å². The number of rotatable bonds is 3. The molecule has 74 valence electrons. The standard InChI is InChI=1S/C10H17NO2/c12-10(7-11-4-2-5-11)9-3-1-6-13-8-9/h9H,1-8H2. The van der Waals surface area contributed by atoms with Crippen LogP contribution in [0.5, 0.6) is 0 Å². The first-order valence-electron chi connectivity index (χ1n) is 5.19. The number of carbonyl (C=O) groups excluding carboxylic acids is 1. The fourth-order valence-corrected chi connectivity index (χ4v) is 1.88. The van der Waals surface area contributed by atoms with Gasteiger partial charge < -0.3 is 4.74 Å². The molecular formula is C10H17NO2. The molecule has 2 fully saturated rings. The predicted molar refractivity (Wildman–Crippen MR) is 49.6 cm³/mol. The number of ketones is 1. The maximum Gasteiger partial charge on any atom is 0.152 e. The zero-order chi connectivity index (χ0) is 9.10. The normalized spacial score (nSPS) is 29.7. The number of Topliss-reactive ketones (excluding diaryl/α,β-unsaturated/α-hetero) is 1. The summed E-state index contributed by atoms with van der Waals surface area (Å²) < 4.78 is 5.30. The highest BCUT2D eigenvalue weighted by Gasteiger charge is 2.25. The molecule has 0 amide bonds. The van der Waals surface area contributed by atoms with Gasteiger partial charge in [0, 0.05) is 12.5 Å². The third kappa shape index (κ3) is 2.29. The molecule has 1 unspecified atom stereocenters. The Morgan fingerprint density at radius 3 is 2.77 bits per heavy atom. The van der Waals surface area contributed by atoms with Gasteiger partial charge in [-0.25, -0.2) is 0 Å². The van der Waals surface area contributed by atoms with E-state index in [1.54, 1.807) is 0 Å². The van der Waals surface area contributed by atoms with Gasteiger partial charge in [0.2, 0.25) is 0 Å². The summed E-state index contributed by atoms with van der Waals surface area (Å²) in [6.45, 7) is 4.38. The molecular weight excluding hydrogens is 166 g/mol. The smallest absolute Gasteiger partial charge is 0.152 e. The van der Waals surface area contributed by atoms with Crippen LogP contribution in [0.3, 0.4) is 0 Å². The van der Waals surface area contributed by atoms with E-state index in [0.29, 0.717) is 18.9 Å². The van der Waals surface area contributed by atoms with Gasteiger partial charge >= 0.3 is 0 Å². The summed E-state index contributed by atoms with van der Waals surface area (Å²) in [5.74, 6) is 0.578. The zero-order valence-electron chi connectivity index (χ0n) is 8.00. The number of nitrogens with zero attached hydrogens (tertiary/aromatic N) is 1. The second-order valence-corrected chi connectivity index (χ2v) is 4.01. The Morgan fingerprint density at radius 2 is 2.23 bits per heavy atom. The van der Waals surface area contributed by atoms with Crippen LogP contribution in [0.4, 0.5) is 0 Å². The van der Waals surface area contributed by atoms with Crippen LogP contribution in [0.1, 0.15) is 19.3 Å². The van der Waals surface area contributed by atoms with Crippen molar-refractivity contribution in [3.63, 3.8) is 0 Å². The predicted octanol–water partition coefficient (Wildman–Crippen LogP) is 0.688. The number of hydrogen-bond acceptors (Lipinski definition) is 3. The van der Waals surface area contributed by atoms with Crippen LogP contribution in [-0.4, -0.2) is 43.5 Å². The highest BCUT2D eigenvalue weighted by molar-refractivity contribution is 5.83. The highest BCUT2D eigenvalue weighted by atomic mass is 16.5. The molecule has 0 aliphatic carbocycles. The van der Waals surface area contributed by atoms with E-state index in [0.717, 1.165) is 32.5 Å². The zero-order valence-corrected chi connectivity index (χ0v) is 8.00. The molecule has 3 nitrogen and oxygen atoms in total. The number of carbonyl (C=O) groups is 1. The van der Waals surface area contributed by atoms with E-state index in [1.807, 2.05) is 0 Å². The average molecular weight is 183 g/mol. The Labute approximate surface area is 79.0 Å². The van der Waals surface area contributed by atoms with Gasteiger partial charge in [-0.1, -0.05) is 0 Å². The van der Waals surface area contributed by atoms with Crippen molar-refractivity contribution in [3.8, 4) is 0 Å². The van der Waals surface area contributed by atoms with Crippen LogP contribution in [0.25, 0.3) is 0 Å². The lowest BCUT2D eigenvalue weighted by molar-refractivity contribution is -0.128. The van der Waals surface area contributed by atoms with Crippen LogP contribution in [-0.2, 0) is 9.53 Å². The van der Waals surface area contributed by atoms with Crippen molar-refractivity contribution in [3.05, 3.63) is 0 Å². The minimum atomic E-state index is 0.189. The van der Waals surface area contributed by atoms with Crippen molar-refractivity contribution in [2.45, 2.75) is 19.3 Å². The summed E-state index contributed by atoms with van der Waals surface area (Å²) in [4.78, 5) is 13.9. The summed E-state index contributed by atoms with van der Waals surface area (Å²) in [6.07, 6.45) is 3.34. The van der Waals surface area contributed by atoms with Crippen molar-refractivity contribution in [1.82, 2.24) is 4.90 Å². The molecule has 2 aliphatic rings. The molecule has 3 heteroatoms. The molecule has 0 aromatic carbocycles. The van der Waals surface area contributed by atoms with E-state index in [9.17, 15) is 4.79 Å². The first-order chi connectivity index (χ1) is 6.36. The second kappa shape index (κ2) is 4.20. The largest absolute Gasteiger partial charge is 0.381 e. The van der Waals surface area contributed by atoms with Gasteiger partial charge in [-0.05, 0) is 32.4 Å². The third-order valence-corrected chi connectivity index (χ3v) is 2.94. The molecule has 2 rings (SSSR count). The van der Waals surface area contributed by atoms with Gasteiger partial charge in [-0.3, -0.25) is 9.69 Å². The monoisotopic (exact) mass is 183 g/mol. The van der Waals surface area contributed by atoms with Crippen LogP contribution in [0, 0.1) is 5.92 Å². The Hall–Kier alpha value is -0.410. The van der Waals surface area contributed by atoms with E-state index >= 15 is 0 Å². The lowest BCUT2D eigenvalue weighted by atomic mass is 9.96. The number of hydrogen-bond donors (Lipinski definition) is 0. The molecule has 2 heterocycles. The van der Waals surface area contributed by atoms with Gasteiger partial charge in [-0.2, -0.15) is 0 Å². The summed E-state index contributed by atoms with van der Waals surface area (Å²) in [5.41, 5.74) is 0. The quantitative estimate of drug-likeness (QED) is 0.644. The van der Waals surface area contributed by atoms with Gasteiger partial charge in [0.25, 0.3) is 0 Å². The van der Waals surface area contributed by atoms with E-state index in [4.69, 9.17) is 4.74 Å². The van der Waals surface area contributed by atoms with Crippen LogP contribution >= 0.6 is 0 Å². The molecule has 2 saturated heterocycles. The third-order valence-electron chi connectivity index (χ3n) is 2.94. The van der Waals surface area contributed by atoms with Crippen molar-refractivity contribution in [2.24, 2.45) is 5.92 Å². The fourth-order valence-electron chi connectivity index (χ4n) is 1.88. The lowest BCUT2D eigenvalue weighted by Crippen LogP contribution is -2.43. The maximum absolute atomic E-state index is 11.7. The molecule has 0 saturated carbocycles. The van der Waals surface area contributed by atoms with Crippen molar-refractivity contribution in [1.29, 1.82) is 0 Å². The minimum absolute atomic E-state index is 0.189. The first kappa shape index (κ1) is 9.16. The minimum Gasteiger partial charge on any atom is -0.381 e. The molecule has 0 bridgehead atoms. The van der Waals surface area contributed by atoms with Crippen molar-refractivity contribution < 1.29 is 9.53 Å². The van der Waals surface area contributed by atoms with Gasteiger partial charge in [0.05, 0.1) is 13.2 Å². The molecule has 0 aromatic heterocycles. The second-order valence-electron chi connectivity index (χ2n) is 4.01. The van der Waals surface area contributed by atoms with Gasteiger partial charge in [-0.15, -0.1) is 0 Å². The van der Waals surface area contributed by atoms with E-state index in [-0.39, 0.29) is 5.92 Å². The van der Waals surface area contributed by atoms with Crippen LogP contribution in [0.15, 0.2) is 0 Å². The Morgan fingerprint density at radius 1 is 1.38 bits per heavy atom. The van der Waals surface area contributed by atoms with E-state index in [2.05, 4.69) is 4.90 Å². The molecule has 0 aromatic rings. The number of likely N-dealkylation sites (tertiary alicyclic amines) is 1. The summed E-state index contributed by atoms with van der Waals surface area (Å²) >= 11 is 0. The fraction of sp³-hybridized carbons (Fsp3) is 0.900. The van der Waals surface area contributed by atoms with E-state index in [1.165, 1.54) is 6.42 Å². The average Bonchev–Trinajstić information content (AvgIpc) is 2.12. The number of ether oxygens (including phenoxy) is 1. The molecule has 13 heavy (non-hydrogen) atoms. The Kier molecular flexibility index (Phi) is 2.96. The summed E-state index contributed by atoms with van der Waals surface area (Å²) in [5, 5.41) is 0. The van der Waals surface area contributed by atoms with Gasteiger partial charge in [0.1, 0.15) is 0 Å². The van der Waals surface area contributed by atoms with Crippen molar-refractivity contribution in [2.75, 3.05) is 32.8 Å². The van der Waals surface area contributed by atoms with Crippen molar-refractivity contribution >= 4 is 5.78 Å². The topological polar surface area (TPSA) is 29.5 Å². The summed E-state index contributed by atoms with van der Waals surface area (Å²) in [6, 6.07) is 0. The molecule has 2 aliphatic heterocycles. The molecule has 0 N–H and O–H groups in total.